The fourth-order valence-corrected chi connectivity index (χ4v) is 3.09. The van der Waals surface area contributed by atoms with Crippen molar-refractivity contribution in [2.75, 3.05) is 50.0 Å². The number of hydrogen-bond donors (Lipinski definition) is 2. The molecule has 164 valence electrons. The second kappa shape index (κ2) is 10.1. The maximum Gasteiger partial charge on any atom is 0.417 e. The highest BCUT2D eigenvalue weighted by atomic mass is 35.5. The Hall–Kier alpha value is -2.37. The summed E-state index contributed by atoms with van der Waals surface area (Å²) in [5.41, 5.74) is -0.353. The number of alkyl halides is 3. The third-order valence-electron chi connectivity index (χ3n) is 4.48. The molecule has 0 saturated carbocycles. The summed E-state index contributed by atoms with van der Waals surface area (Å²) < 4.78 is 44.9. The Morgan fingerprint density at radius 3 is 2.70 bits per heavy atom. The summed E-state index contributed by atoms with van der Waals surface area (Å²) in [7, 11) is 0. The number of aromatic nitrogens is 3. The summed E-state index contributed by atoms with van der Waals surface area (Å²) in [6.45, 7) is 4.99. The minimum Gasteiger partial charge on any atom is -0.379 e. The molecule has 8 nitrogen and oxygen atoms in total. The van der Waals surface area contributed by atoms with Crippen molar-refractivity contribution in [3.63, 3.8) is 0 Å². The number of anilines is 2. The van der Waals surface area contributed by atoms with Gasteiger partial charge in [0.25, 0.3) is 0 Å². The van der Waals surface area contributed by atoms with Crippen LogP contribution in [0, 0.1) is 0 Å². The van der Waals surface area contributed by atoms with Gasteiger partial charge >= 0.3 is 6.18 Å². The molecule has 0 bridgehead atoms. The largest absolute Gasteiger partial charge is 0.417 e. The molecule has 0 unspecified atom stereocenters. The maximum atomic E-state index is 12.6. The Morgan fingerprint density at radius 1 is 1.23 bits per heavy atom. The van der Waals surface area contributed by atoms with Gasteiger partial charge in [-0.25, -0.2) is 4.98 Å². The lowest BCUT2D eigenvalue weighted by atomic mass is 10.2. The maximum absolute atomic E-state index is 12.6. The fraction of sp³-hybridized carbons (Fsp3) is 0.500. The molecule has 0 aliphatic carbocycles. The molecule has 1 saturated heterocycles. The van der Waals surface area contributed by atoms with Crippen LogP contribution in [0.5, 0.6) is 0 Å². The molecule has 0 spiro atoms. The van der Waals surface area contributed by atoms with E-state index in [2.05, 4.69) is 25.6 Å². The Balaban J connectivity index is 1.40. The van der Waals surface area contributed by atoms with Gasteiger partial charge in [-0.2, -0.15) is 18.3 Å². The first kappa shape index (κ1) is 22.3. The lowest BCUT2D eigenvalue weighted by Gasteiger charge is -2.26. The quantitative estimate of drug-likeness (QED) is 0.648. The van der Waals surface area contributed by atoms with Gasteiger partial charge in [-0.15, -0.1) is 0 Å². The lowest BCUT2D eigenvalue weighted by molar-refractivity contribution is -0.137. The molecule has 3 heterocycles. The first-order valence-corrected chi connectivity index (χ1v) is 9.78. The number of carbonyl (C=O) groups excluding carboxylic acids is 1. The summed E-state index contributed by atoms with van der Waals surface area (Å²) in [5.74, 6) is -0.174. The van der Waals surface area contributed by atoms with Gasteiger partial charge in [-0.3, -0.25) is 14.4 Å². The van der Waals surface area contributed by atoms with E-state index in [1.165, 1.54) is 0 Å². The van der Waals surface area contributed by atoms with E-state index in [1.54, 1.807) is 17.1 Å². The summed E-state index contributed by atoms with van der Waals surface area (Å²) in [6.07, 6.45) is -0.418. The second-order valence-electron chi connectivity index (χ2n) is 6.72. The number of halogens is 4. The normalized spacial score (nSPS) is 15.2. The highest BCUT2D eigenvalue weighted by Gasteiger charge is 2.31. The molecule has 0 atom stereocenters. The molecule has 1 aliphatic rings. The molecule has 1 amide bonds. The van der Waals surface area contributed by atoms with E-state index in [0.29, 0.717) is 18.4 Å². The first-order valence-electron chi connectivity index (χ1n) is 9.40. The van der Waals surface area contributed by atoms with Crippen molar-refractivity contribution in [2.45, 2.75) is 19.1 Å². The third-order valence-corrected chi connectivity index (χ3v) is 4.77. The zero-order chi connectivity index (χ0) is 21.6. The Kier molecular flexibility index (Phi) is 7.51. The van der Waals surface area contributed by atoms with Gasteiger partial charge in [0.2, 0.25) is 5.91 Å². The minimum absolute atomic E-state index is 0.0813. The third kappa shape index (κ3) is 6.57. The zero-order valence-electron chi connectivity index (χ0n) is 16.1. The zero-order valence-corrected chi connectivity index (χ0v) is 16.8. The van der Waals surface area contributed by atoms with Crippen molar-refractivity contribution < 1.29 is 22.7 Å². The number of morpholine rings is 1. The smallest absolute Gasteiger partial charge is 0.379 e. The van der Waals surface area contributed by atoms with Crippen LogP contribution in [-0.4, -0.2) is 65.0 Å². The van der Waals surface area contributed by atoms with Crippen LogP contribution >= 0.6 is 11.6 Å². The van der Waals surface area contributed by atoms with Crippen molar-refractivity contribution >= 4 is 29.0 Å². The van der Waals surface area contributed by atoms with Crippen LogP contribution in [0.4, 0.5) is 24.7 Å². The van der Waals surface area contributed by atoms with E-state index in [4.69, 9.17) is 16.3 Å². The van der Waals surface area contributed by atoms with Crippen LogP contribution in [0.3, 0.4) is 0 Å². The van der Waals surface area contributed by atoms with Crippen molar-refractivity contribution in [3.05, 3.63) is 35.2 Å². The van der Waals surface area contributed by atoms with Gasteiger partial charge in [-0.1, -0.05) is 11.6 Å². The van der Waals surface area contributed by atoms with E-state index >= 15 is 0 Å². The predicted octanol–water partition coefficient (Wildman–Crippen LogP) is 2.72. The van der Waals surface area contributed by atoms with E-state index < -0.39 is 11.7 Å². The number of nitrogens with zero attached hydrogens (tertiary/aromatic N) is 4. The monoisotopic (exact) mass is 446 g/mol. The van der Waals surface area contributed by atoms with Crippen LogP contribution in [0.2, 0.25) is 5.02 Å². The highest BCUT2D eigenvalue weighted by Crippen LogP contribution is 2.32. The average molecular weight is 447 g/mol. The second-order valence-corrected chi connectivity index (χ2v) is 7.13. The SMILES string of the molecule is O=C(CCNc1ncc(C(F)(F)F)cc1Cl)Nc1cnn(CCN2CCOCC2)c1. The van der Waals surface area contributed by atoms with Gasteiger partial charge in [0, 0.05) is 45.0 Å². The lowest BCUT2D eigenvalue weighted by Crippen LogP contribution is -2.38. The number of ether oxygens (including phenoxy) is 1. The molecule has 2 aromatic heterocycles. The molecular formula is C18H22ClF3N6O2. The molecule has 2 aromatic rings. The van der Waals surface area contributed by atoms with Gasteiger partial charge < -0.3 is 15.4 Å². The minimum atomic E-state index is -4.51. The fourth-order valence-electron chi connectivity index (χ4n) is 2.86. The summed E-state index contributed by atoms with van der Waals surface area (Å²) in [6, 6.07) is 0.794. The number of hydrogen-bond acceptors (Lipinski definition) is 6. The first-order chi connectivity index (χ1) is 14.3. The van der Waals surface area contributed by atoms with Crippen LogP contribution in [0.15, 0.2) is 24.7 Å². The molecular weight excluding hydrogens is 425 g/mol. The Bertz CT molecular complexity index is 855. The molecule has 1 fully saturated rings. The number of amides is 1. The van der Waals surface area contributed by atoms with Crippen LogP contribution in [-0.2, 0) is 22.3 Å². The van der Waals surface area contributed by atoms with Gasteiger partial charge in [0.05, 0.1) is 42.2 Å². The molecule has 3 rings (SSSR count). The summed E-state index contributed by atoms with van der Waals surface area (Å²) in [5, 5.41) is 9.56. The van der Waals surface area contributed by atoms with Crippen molar-refractivity contribution in [1.29, 1.82) is 0 Å². The van der Waals surface area contributed by atoms with Crippen molar-refractivity contribution in [1.82, 2.24) is 19.7 Å². The molecule has 1 aliphatic heterocycles. The van der Waals surface area contributed by atoms with Gasteiger partial charge in [0.1, 0.15) is 5.82 Å². The number of nitrogens with one attached hydrogen (secondary N) is 2. The predicted molar refractivity (Wildman–Crippen MR) is 105 cm³/mol. The van der Waals surface area contributed by atoms with Gasteiger partial charge in [0.15, 0.2) is 0 Å². The molecule has 0 radical (unpaired) electrons. The van der Waals surface area contributed by atoms with Crippen molar-refractivity contribution in [2.24, 2.45) is 0 Å². The van der Waals surface area contributed by atoms with E-state index in [-0.39, 0.29) is 29.7 Å². The summed E-state index contributed by atoms with van der Waals surface area (Å²) in [4.78, 5) is 18.0. The number of pyridine rings is 1. The summed E-state index contributed by atoms with van der Waals surface area (Å²) >= 11 is 5.82. The van der Waals surface area contributed by atoms with Crippen LogP contribution < -0.4 is 10.6 Å². The molecule has 30 heavy (non-hydrogen) atoms. The number of rotatable bonds is 8. The number of carbonyl (C=O) groups is 1. The standard InChI is InChI=1S/C18H22ClF3N6O2/c19-15-9-13(18(20,21)22)10-24-17(15)23-2-1-16(29)26-14-11-25-28(12-14)4-3-27-5-7-30-8-6-27/h9-12H,1-8H2,(H,23,24)(H,26,29). The van der Waals surface area contributed by atoms with Gasteiger partial charge in [-0.05, 0) is 6.07 Å². The van der Waals surface area contributed by atoms with E-state index in [1.807, 2.05) is 0 Å². The van der Waals surface area contributed by atoms with E-state index in [9.17, 15) is 18.0 Å². The molecule has 12 heteroatoms. The van der Waals surface area contributed by atoms with Crippen LogP contribution in [0.25, 0.3) is 0 Å². The van der Waals surface area contributed by atoms with Crippen LogP contribution in [0.1, 0.15) is 12.0 Å². The van der Waals surface area contributed by atoms with Crippen molar-refractivity contribution in [3.8, 4) is 0 Å². The molecule has 0 aromatic carbocycles. The topological polar surface area (TPSA) is 84.3 Å². The highest BCUT2D eigenvalue weighted by molar-refractivity contribution is 6.33. The Labute approximate surface area is 176 Å². The molecule has 2 N–H and O–H groups in total. The van der Waals surface area contributed by atoms with E-state index in [0.717, 1.165) is 38.9 Å². The average Bonchev–Trinajstić information content (AvgIpc) is 3.15. The Morgan fingerprint density at radius 2 is 2.00 bits per heavy atom.